The average molecular weight is 514 g/mol. The monoisotopic (exact) mass is 513 g/mol. The van der Waals surface area contributed by atoms with Gasteiger partial charge in [0.25, 0.3) is 17.7 Å². The molecule has 11 heteroatoms. The maximum atomic E-state index is 12.9. The van der Waals surface area contributed by atoms with E-state index in [1.807, 2.05) is 0 Å². The Hall–Kier alpha value is -3.41. The molecule has 0 atom stereocenters. The topological polar surface area (TPSA) is 97.4 Å². The fraction of sp³-hybridized carbons (Fsp3) is 0.250. The summed E-state index contributed by atoms with van der Waals surface area (Å²) in [5.74, 6) is -0.159. The SMILES string of the molecule is COc1cc(/C=C2\SC(=S)N(NC(=O)c3ccccc3)C2=O)ccc1OCC(=O)N1CCOCC1. The standard InChI is InChI=1S/C24H23N3O6S2/c1-31-19-13-16(7-8-18(19)33-15-21(28)26-9-11-32-12-10-26)14-20-23(30)27(24(34)35-20)25-22(29)17-5-3-2-4-6-17/h2-8,13-14H,9-12,15H2,1H3,(H,25,29)/b20-14-. The van der Waals surface area contributed by atoms with Crippen LogP contribution in [0.3, 0.4) is 0 Å². The van der Waals surface area contributed by atoms with Crippen molar-refractivity contribution in [3.8, 4) is 11.5 Å². The van der Waals surface area contributed by atoms with E-state index in [4.69, 9.17) is 26.4 Å². The van der Waals surface area contributed by atoms with E-state index in [-0.39, 0.29) is 16.8 Å². The Balaban J connectivity index is 1.42. The fourth-order valence-corrected chi connectivity index (χ4v) is 4.59. The maximum Gasteiger partial charge on any atom is 0.285 e. The number of benzene rings is 2. The number of hydrazine groups is 1. The zero-order valence-corrected chi connectivity index (χ0v) is 20.5. The summed E-state index contributed by atoms with van der Waals surface area (Å²) in [4.78, 5) is 39.7. The molecule has 0 bridgehead atoms. The van der Waals surface area contributed by atoms with Gasteiger partial charge in [-0.05, 0) is 48.1 Å². The number of morpholine rings is 1. The third kappa shape index (κ3) is 5.99. The summed E-state index contributed by atoms with van der Waals surface area (Å²) in [5, 5.41) is 1.06. The molecule has 0 spiro atoms. The summed E-state index contributed by atoms with van der Waals surface area (Å²) in [5.41, 5.74) is 3.63. The number of thioether (sulfide) groups is 1. The van der Waals surface area contributed by atoms with E-state index in [0.717, 1.165) is 16.8 Å². The van der Waals surface area contributed by atoms with Crippen LogP contribution in [0.15, 0.2) is 53.4 Å². The first kappa shape index (κ1) is 24.7. The quantitative estimate of drug-likeness (QED) is 0.446. The van der Waals surface area contributed by atoms with Crippen molar-refractivity contribution in [2.75, 3.05) is 40.0 Å². The highest BCUT2D eigenvalue weighted by Crippen LogP contribution is 2.34. The van der Waals surface area contributed by atoms with Crippen molar-refractivity contribution in [1.29, 1.82) is 0 Å². The van der Waals surface area contributed by atoms with Gasteiger partial charge in [0.1, 0.15) is 0 Å². The van der Waals surface area contributed by atoms with Crippen molar-refractivity contribution in [2.24, 2.45) is 0 Å². The van der Waals surface area contributed by atoms with Gasteiger partial charge in [-0.25, -0.2) is 0 Å². The van der Waals surface area contributed by atoms with Crippen molar-refractivity contribution >= 4 is 52.1 Å². The molecule has 0 unspecified atom stereocenters. The lowest BCUT2D eigenvalue weighted by molar-refractivity contribution is -0.137. The Labute approximate surface area is 212 Å². The van der Waals surface area contributed by atoms with Crippen LogP contribution in [0.4, 0.5) is 0 Å². The highest BCUT2D eigenvalue weighted by atomic mass is 32.2. The average Bonchev–Trinajstić information content (AvgIpc) is 3.15. The molecule has 182 valence electrons. The second-order valence-electron chi connectivity index (χ2n) is 7.52. The van der Waals surface area contributed by atoms with E-state index in [1.54, 1.807) is 59.5 Å². The Morgan fingerprint density at radius 3 is 2.60 bits per heavy atom. The zero-order valence-electron chi connectivity index (χ0n) is 18.9. The summed E-state index contributed by atoms with van der Waals surface area (Å²) in [6.45, 7) is 2.01. The molecular weight excluding hydrogens is 490 g/mol. The Morgan fingerprint density at radius 2 is 1.89 bits per heavy atom. The molecule has 2 aromatic carbocycles. The molecule has 3 amide bonds. The van der Waals surface area contributed by atoms with E-state index in [9.17, 15) is 14.4 Å². The van der Waals surface area contributed by atoms with Crippen LogP contribution in [-0.2, 0) is 14.3 Å². The molecule has 2 heterocycles. The lowest BCUT2D eigenvalue weighted by atomic mass is 10.2. The van der Waals surface area contributed by atoms with Gasteiger partial charge >= 0.3 is 0 Å². The van der Waals surface area contributed by atoms with Gasteiger partial charge in [0.05, 0.1) is 25.2 Å². The van der Waals surface area contributed by atoms with Crippen LogP contribution in [0.1, 0.15) is 15.9 Å². The van der Waals surface area contributed by atoms with Gasteiger partial charge in [0.15, 0.2) is 22.4 Å². The Kier molecular flexibility index (Phi) is 8.01. The van der Waals surface area contributed by atoms with Crippen molar-refractivity contribution < 1.29 is 28.6 Å². The van der Waals surface area contributed by atoms with Gasteiger partial charge < -0.3 is 19.1 Å². The second-order valence-corrected chi connectivity index (χ2v) is 9.19. The Morgan fingerprint density at radius 1 is 1.14 bits per heavy atom. The van der Waals surface area contributed by atoms with E-state index in [0.29, 0.717) is 53.8 Å². The molecule has 0 aromatic heterocycles. The minimum Gasteiger partial charge on any atom is -0.493 e. The Bertz CT molecular complexity index is 1170. The van der Waals surface area contributed by atoms with Gasteiger partial charge in [0, 0.05) is 18.7 Å². The summed E-state index contributed by atoms with van der Waals surface area (Å²) in [6, 6.07) is 13.7. The number of methoxy groups -OCH3 is 1. The number of hydrogen-bond donors (Lipinski definition) is 1. The summed E-state index contributed by atoms with van der Waals surface area (Å²) < 4.78 is 16.6. The fourth-order valence-electron chi connectivity index (χ4n) is 3.41. The van der Waals surface area contributed by atoms with E-state index in [2.05, 4.69) is 5.43 Å². The predicted molar refractivity (Wildman–Crippen MR) is 135 cm³/mol. The smallest absolute Gasteiger partial charge is 0.285 e. The molecule has 0 saturated carbocycles. The van der Waals surface area contributed by atoms with E-state index >= 15 is 0 Å². The third-order valence-electron chi connectivity index (χ3n) is 5.24. The van der Waals surface area contributed by atoms with Crippen LogP contribution >= 0.6 is 24.0 Å². The lowest BCUT2D eigenvalue weighted by Crippen LogP contribution is -2.44. The number of ether oxygens (including phenoxy) is 3. The van der Waals surface area contributed by atoms with Gasteiger partial charge in [0.2, 0.25) is 0 Å². The summed E-state index contributed by atoms with van der Waals surface area (Å²) in [6.07, 6.45) is 1.65. The maximum absolute atomic E-state index is 12.9. The number of hydrogen-bond acceptors (Lipinski definition) is 8. The van der Waals surface area contributed by atoms with Crippen molar-refractivity contribution in [3.05, 3.63) is 64.6 Å². The van der Waals surface area contributed by atoms with Crippen LogP contribution in [0.2, 0.25) is 0 Å². The molecule has 4 rings (SSSR count). The first-order valence-corrected chi connectivity index (χ1v) is 12.0. The second kappa shape index (κ2) is 11.3. The number of nitrogens with zero attached hydrogens (tertiary/aromatic N) is 2. The molecule has 2 aromatic rings. The molecule has 2 saturated heterocycles. The van der Waals surface area contributed by atoms with Crippen molar-refractivity contribution in [1.82, 2.24) is 15.3 Å². The largest absolute Gasteiger partial charge is 0.493 e. The van der Waals surface area contributed by atoms with E-state index < -0.39 is 11.8 Å². The first-order valence-electron chi connectivity index (χ1n) is 10.8. The van der Waals surface area contributed by atoms with Crippen LogP contribution in [0.25, 0.3) is 6.08 Å². The van der Waals surface area contributed by atoms with Gasteiger partial charge in [-0.15, -0.1) is 0 Å². The van der Waals surface area contributed by atoms with Crippen LogP contribution < -0.4 is 14.9 Å². The van der Waals surface area contributed by atoms with Gasteiger partial charge in [-0.2, -0.15) is 5.01 Å². The zero-order chi connectivity index (χ0) is 24.8. The highest BCUT2D eigenvalue weighted by molar-refractivity contribution is 8.26. The van der Waals surface area contributed by atoms with Gasteiger partial charge in [-0.1, -0.05) is 36.0 Å². The normalized spacial score (nSPS) is 17.0. The number of amides is 3. The molecule has 1 N–H and O–H groups in total. The van der Waals surface area contributed by atoms with Crippen LogP contribution in [0.5, 0.6) is 11.5 Å². The molecule has 0 aliphatic carbocycles. The number of thiocarbonyl (C=S) groups is 1. The summed E-state index contributed by atoms with van der Waals surface area (Å²) >= 11 is 6.37. The van der Waals surface area contributed by atoms with Crippen molar-refractivity contribution in [2.45, 2.75) is 0 Å². The molecular formula is C24H23N3O6S2. The van der Waals surface area contributed by atoms with E-state index in [1.165, 1.54) is 7.11 Å². The lowest BCUT2D eigenvalue weighted by Gasteiger charge is -2.26. The third-order valence-corrected chi connectivity index (χ3v) is 6.55. The highest BCUT2D eigenvalue weighted by Gasteiger charge is 2.33. The first-order chi connectivity index (χ1) is 17.0. The predicted octanol–water partition coefficient (Wildman–Crippen LogP) is 2.48. The summed E-state index contributed by atoms with van der Waals surface area (Å²) in [7, 11) is 1.49. The molecule has 2 aliphatic heterocycles. The van der Waals surface area contributed by atoms with Gasteiger partial charge in [-0.3, -0.25) is 19.8 Å². The number of carbonyl (C=O) groups is 3. The minimum absolute atomic E-state index is 0.116. The molecule has 0 radical (unpaired) electrons. The number of rotatable bonds is 7. The number of nitrogens with one attached hydrogen (secondary N) is 1. The van der Waals surface area contributed by atoms with Crippen molar-refractivity contribution in [3.63, 3.8) is 0 Å². The molecule has 9 nitrogen and oxygen atoms in total. The molecule has 35 heavy (non-hydrogen) atoms. The van der Waals surface area contributed by atoms with Crippen LogP contribution in [-0.4, -0.2) is 72.0 Å². The minimum atomic E-state index is -0.432. The molecule has 2 aliphatic rings. The van der Waals surface area contributed by atoms with Crippen LogP contribution in [0, 0.1) is 0 Å². The molecule has 2 fully saturated rings. The number of carbonyl (C=O) groups excluding carboxylic acids is 3.